The molecule has 1 saturated carbocycles. The van der Waals surface area contributed by atoms with E-state index in [-0.39, 0.29) is 23.8 Å². The number of fused-ring (bicyclic) bond motifs is 1. The number of carbonyl (C=O) groups is 2. The average Bonchev–Trinajstić information content (AvgIpc) is 3.35. The topological polar surface area (TPSA) is 62.6 Å². The molecule has 2 fully saturated rings. The number of benzene rings is 1. The fraction of sp³-hybridized carbons (Fsp3) is 0.524. The summed E-state index contributed by atoms with van der Waals surface area (Å²) in [5.41, 5.74) is 3.62. The third-order valence-corrected chi connectivity index (χ3v) is 5.97. The van der Waals surface area contributed by atoms with Gasteiger partial charge in [0.1, 0.15) is 11.8 Å². The van der Waals surface area contributed by atoms with Crippen molar-refractivity contribution in [3.63, 3.8) is 0 Å². The van der Waals surface area contributed by atoms with Crippen LogP contribution in [-0.2, 0) is 4.79 Å². The highest BCUT2D eigenvalue weighted by molar-refractivity contribution is 6.06. The minimum Gasteiger partial charge on any atom is -0.463 e. The maximum Gasteiger partial charge on any atom is 0.255 e. The SMILES string of the molecule is Cc1cc2occ(C(=O)N[C@H]3CC[C@@H](C(=O)N4CCCC4)C3)c2cc1C. The number of rotatable bonds is 3. The Morgan fingerprint density at radius 2 is 1.85 bits per heavy atom. The van der Waals surface area contributed by atoms with E-state index in [1.54, 1.807) is 6.26 Å². The molecule has 4 rings (SSSR count). The lowest BCUT2D eigenvalue weighted by Crippen LogP contribution is -2.36. The zero-order valence-corrected chi connectivity index (χ0v) is 15.5. The van der Waals surface area contributed by atoms with Crippen LogP contribution < -0.4 is 5.32 Å². The molecule has 2 aromatic rings. The largest absolute Gasteiger partial charge is 0.463 e. The first-order valence-electron chi connectivity index (χ1n) is 9.61. The van der Waals surface area contributed by atoms with Crippen molar-refractivity contribution in [1.29, 1.82) is 0 Å². The van der Waals surface area contributed by atoms with Gasteiger partial charge in [0.2, 0.25) is 5.91 Å². The van der Waals surface area contributed by atoms with E-state index in [1.165, 1.54) is 0 Å². The molecule has 2 aliphatic rings. The van der Waals surface area contributed by atoms with Crippen molar-refractivity contribution in [3.05, 3.63) is 35.1 Å². The first-order valence-corrected chi connectivity index (χ1v) is 9.61. The number of nitrogens with zero attached hydrogens (tertiary/aromatic N) is 1. The van der Waals surface area contributed by atoms with Crippen LogP contribution in [0.2, 0.25) is 0 Å². The van der Waals surface area contributed by atoms with E-state index < -0.39 is 0 Å². The second-order valence-corrected chi connectivity index (χ2v) is 7.79. The molecule has 1 aromatic heterocycles. The molecule has 2 atom stereocenters. The summed E-state index contributed by atoms with van der Waals surface area (Å²) < 4.78 is 5.58. The Labute approximate surface area is 153 Å². The van der Waals surface area contributed by atoms with Crippen molar-refractivity contribution >= 4 is 22.8 Å². The third kappa shape index (κ3) is 3.11. The van der Waals surface area contributed by atoms with Crippen molar-refractivity contribution in [2.75, 3.05) is 13.1 Å². The monoisotopic (exact) mass is 354 g/mol. The molecule has 0 bridgehead atoms. The van der Waals surface area contributed by atoms with Gasteiger partial charge in [0.25, 0.3) is 5.91 Å². The number of amides is 2. The number of carbonyl (C=O) groups excluding carboxylic acids is 2. The Morgan fingerprint density at radius 1 is 1.12 bits per heavy atom. The normalized spacial score (nSPS) is 22.9. The van der Waals surface area contributed by atoms with E-state index in [0.717, 1.165) is 67.3 Å². The lowest BCUT2D eigenvalue weighted by Gasteiger charge is -2.20. The van der Waals surface area contributed by atoms with Crippen molar-refractivity contribution in [1.82, 2.24) is 10.2 Å². The number of likely N-dealkylation sites (tertiary alicyclic amines) is 1. The second kappa shape index (κ2) is 6.78. The van der Waals surface area contributed by atoms with Crippen LogP contribution >= 0.6 is 0 Å². The molecule has 0 radical (unpaired) electrons. The Morgan fingerprint density at radius 3 is 2.62 bits per heavy atom. The van der Waals surface area contributed by atoms with E-state index in [9.17, 15) is 9.59 Å². The van der Waals surface area contributed by atoms with Gasteiger partial charge in [0, 0.05) is 30.4 Å². The number of nitrogens with one attached hydrogen (secondary N) is 1. The lowest BCUT2D eigenvalue weighted by molar-refractivity contribution is -0.134. The van der Waals surface area contributed by atoms with Crippen LogP contribution in [0.5, 0.6) is 0 Å². The molecule has 138 valence electrons. The third-order valence-electron chi connectivity index (χ3n) is 5.97. The molecule has 0 unspecified atom stereocenters. The highest BCUT2D eigenvalue weighted by Crippen LogP contribution is 2.30. The minimum absolute atomic E-state index is 0.0596. The van der Waals surface area contributed by atoms with E-state index in [4.69, 9.17) is 4.42 Å². The summed E-state index contributed by atoms with van der Waals surface area (Å²) >= 11 is 0. The van der Waals surface area contributed by atoms with E-state index >= 15 is 0 Å². The summed E-state index contributed by atoms with van der Waals surface area (Å²) in [7, 11) is 0. The molecule has 2 amide bonds. The van der Waals surface area contributed by atoms with Crippen molar-refractivity contribution in [3.8, 4) is 0 Å². The number of furan rings is 1. The highest BCUT2D eigenvalue weighted by atomic mass is 16.3. The highest BCUT2D eigenvalue weighted by Gasteiger charge is 2.34. The van der Waals surface area contributed by atoms with E-state index in [2.05, 4.69) is 5.32 Å². The molecule has 2 heterocycles. The fourth-order valence-corrected chi connectivity index (χ4v) is 4.26. The van der Waals surface area contributed by atoms with Crippen LogP contribution in [0.15, 0.2) is 22.8 Å². The summed E-state index contributed by atoms with van der Waals surface area (Å²) in [4.78, 5) is 27.3. The van der Waals surface area contributed by atoms with Gasteiger partial charge in [0.05, 0.1) is 5.56 Å². The first kappa shape index (κ1) is 17.1. The quantitative estimate of drug-likeness (QED) is 0.916. The molecule has 0 spiro atoms. The van der Waals surface area contributed by atoms with E-state index in [0.29, 0.717) is 5.56 Å². The predicted molar refractivity (Wildman–Crippen MR) is 100 cm³/mol. The smallest absolute Gasteiger partial charge is 0.255 e. The number of aryl methyl sites for hydroxylation is 2. The molecule has 1 aliphatic carbocycles. The second-order valence-electron chi connectivity index (χ2n) is 7.79. The van der Waals surface area contributed by atoms with Gasteiger partial charge in [-0.15, -0.1) is 0 Å². The Kier molecular flexibility index (Phi) is 4.47. The minimum atomic E-state index is -0.105. The standard InChI is InChI=1S/C21H26N2O3/c1-13-9-17-18(12-26-19(17)10-14(13)2)20(24)22-16-6-5-15(11-16)21(25)23-7-3-4-8-23/h9-10,12,15-16H,3-8,11H2,1-2H3,(H,22,24)/t15-,16+/m1/s1. The summed E-state index contributed by atoms with van der Waals surface area (Å²) in [6.45, 7) is 5.86. The summed E-state index contributed by atoms with van der Waals surface area (Å²) in [5.74, 6) is 0.231. The van der Waals surface area contributed by atoms with Crippen LogP contribution in [0.25, 0.3) is 11.0 Å². The molecular weight excluding hydrogens is 328 g/mol. The van der Waals surface area contributed by atoms with Gasteiger partial charge in [-0.3, -0.25) is 9.59 Å². The van der Waals surface area contributed by atoms with Crippen LogP contribution in [0, 0.1) is 19.8 Å². The zero-order chi connectivity index (χ0) is 18.3. The maximum absolute atomic E-state index is 12.7. The van der Waals surface area contributed by atoms with Crippen molar-refractivity contribution < 1.29 is 14.0 Å². The molecule has 5 nitrogen and oxygen atoms in total. The van der Waals surface area contributed by atoms with Gasteiger partial charge in [-0.05, 0) is 69.2 Å². The molecule has 5 heteroatoms. The Bertz CT molecular complexity index is 848. The number of hydrogen-bond donors (Lipinski definition) is 1. The van der Waals surface area contributed by atoms with Crippen molar-refractivity contribution in [2.45, 2.75) is 52.0 Å². The van der Waals surface area contributed by atoms with Gasteiger partial charge < -0.3 is 14.6 Å². The van der Waals surface area contributed by atoms with Crippen LogP contribution in [0.4, 0.5) is 0 Å². The molecular formula is C21H26N2O3. The maximum atomic E-state index is 12.7. The Balaban J connectivity index is 1.42. The Hall–Kier alpha value is -2.30. The molecule has 1 N–H and O–H groups in total. The van der Waals surface area contributed by atoms with Gasteiger partial charge in [-0.1, -0.05) is 0 Å². The lowest BCUT2D eigenvalue weighted by atomic mass is 10.0. The van der Waals surface area contributed by atoms with Gasteiger partial charge in [0.15, 0.2) is 0 Å². The number of hydrogen-bond acceptors (Lipinski definition) is 3. The van der Waals surface area contributed by atoms with Crippen molar-refractivity contribution in [2.24, 2.45) is 5.92 Å². The molecule has 26 heavy (non-hydrogen) atoms. The average molecular weight is 354 g/mol. The van der Waals surface area contributed by atoms with Gasteiger partial charge in [-0.2, -0.15) is 0 Å². The summed E-state index contributed by atoms with van der Waals surface area (Å²) in [6.07, 6.45) is 6.25. The molecule has 1 saturated heterocycles. The first-order chi connectivity index (χ1) is 12.5. The van der Waals surface area contributed by atoms with Crippen LogP contribution in [0.1, 0.15) is 53.6 Å². The van der Waals surface area contributed by atoms with E-state index in [1.807, 2.05) is 30.9 Å². The fourth-order valence-electron chi connectivity index (χ4n) is 4.26. The molecule has 1 aliphatic heterocycles. The predicted octanol–water partition coefficient (Wildman–Crippen LogP) is 3.57. The summed E-state index contributed by atoms with van der Waals surface area (Å²) in [6, 6.07) is 4.05. The van der Waals surface area contributed by atoms with Gasteiger partial charge >= 0.3 is 0 Å². The van der Waals surface area contributed by atoms with Crippen LogP contribution in [-0.4, -0.2) is 35.8 Å². The summed E-state index contributed by atoms with van der Waals surface area (Å²) in [5, 5.41) is 3.97. The van der Waals surface area contributed by atoms with Crippen LogP contribution in [0.3, 0.4) is 0 Å². The zero-order valence-electron chi connectivity index (χ0n) is 15.5. The van der Waals surface area contributed by atoms with Gasteiger partial charge in [-0.25, -0.2) is 0 Å². The molecule has 1 aromatic carbocycles.